The average Bonchev–Trinajstić information content (AvgIpc) is 2.78. The van der Waals surface area contributed by atoms with Crippen LogP contribution in [0.3, 0.4) is 0 Å². The zero-order chi connectivity index (χ0) is 15.4. The van der Waals surface area contributed by atoms with Crippen molar-refractivity contribution < 1.29 is 19.4 Å². The van der Waals surface area contributed by atoms with Gasteiger partial charge in [-0.3, -0.25) is 0 Å². The fourth-order valence-electron chi connectivity index (χ4n) is 2.76. The Balaban J connectivity index is 2.91. The number of ether oxygens (including phenoxy) is 1. The number of halogens is 1. The second-order valence-electron chi connectivity index (χ2n) is 6.32. The Kier molecular flexibility index (Phi) is 5.86. The molecule has 1 amide bonds. The van der Waals surface area contributed by atoms with Gasteiger partial charge in [-0.25, -0.2) is 9.59 Å². The lowest BCUT2D eigenvalue weighted by Crippen LogP contribution is -2.60. The van der Waals surface area contributed by atoms with Crippen molar-refractivity contribution in [1.29, 1.82) is 0 Å². The van der Waals surface area contributed by atoms with E-state index in [4.69, 9.17) is 4.74 Å². The Morgan fingerprint density at radius 2 is 1.85 bits per heavy atom. The summed E-state index contributed by atoms with van der Waals surface area (Å²) >= 11 is 3.30. The molecule has 1 fully saturated rings. The maximum atomic E-state index is 12.0. The molecule has 0 aromatic heterocycles. The summed E-state index contributed by atoms with van der Waals surface area (Å²) in [6.07, 6.45) is 3.37. The Morgan fingerprint density at radius 3 is 2.25 bits per heavy atom. The molecule has 20 heavy (non-hydrogen) atoms. The van der Waals surface area contributed by atoms with Crippen molar-refractivity contribution in [3.63, 3.8) is 0 Å². The maximum absolute atomic E-state index is 12.0. The van der Waals surface area contributed by atoms with Gasteiger partial charge in [0.1, 0.15) is 11.1 Å². The van der Waals surface area contributed by atoms with Gasteiger partial charge in [-0.2, -0.15) is 0 Å². The number of nitrogens with one attached hydrogen (secondary N) is 1. The molecule has 2 N–H and O–H groups in total. The highest BCUT2D eigenvalue weighted by Gasteiger charge is 2.48. The molecule has 0 aromatic carbocycles. The van der Waals surface area contributed by atoms with E-state index in [0.29, 0.717) is 11.8 Å². The summed E-state index contributed by atoms with van der Waals surface area (Å²) in [6.45, 7) is 5.28. The highest BCUT2D eigenvalue weighted by molar-refractivity contribution is 9.09. The molecule has 6 heteroatoms. The van der Waals surface area contributed by atoms with E-state index in [-0.39, 0.29) is 5.92 Å². The van der Waals surface area contributed by atoms with Crippen LogP contribution in [0.1, 0.15) is 52.9 Å². The van der Waals surface area contributed by atoms with Crippen LogP contribution in [0.4, 0.5) is 4.79 Å². The highest BCUT2D eigenvalue weighted by atomic mass is 79.9. The van der Waals surface area contributed by atoms with Gasteiger partial charge in [0.15, 0.2) is 0 Å². The van der Waals surface area contributed by atoms with Gasteiger partial charge >= 0.3 is 12.1 Å². The number of carboxylic acids is 1. The molecule has 0 bridgehead atoms. The first kappa shape index (κ1) is 17.3. The monoisotopic (exact) mass is 349 g/mol. The summed E-state index contributed by atoms with van der Waals surface area (Å²) < 4.78 is 5.22. The molecular formula is C14H24BrNO4. The number of carbonyl (C=O) groups is 2. The van der Waals surface area contributed by atoms with Crippen molar-refractivity contribution in [2.45, 2.75) is 64.0 Å². The van der Waals surface area contributed by atoms with Gasteiger partial charge in [-0.05, 0) is 46.0 Å². The van der Waals surface area contributed by atoms with Crippen LogP contribution in [0.5, 0.6) is 0 Å². The van der Waals surface area contributed by atoms with Crippen LogP contribution in [-0.4, -0.2) is 33.6 Å². The van der Waals surface area contributed by atoms with E-state index in [2.05, 4.69) is 21.2 Å². The summed E-state index contributed by atoms with van der Waals surface area (Å²) in [5.41, 5.74) is -1.87. The van der Waals surface area contributed by atoms with E-state index in [0.717, 1.165) is 25.7 Å². The van der Waals surface area contributed by atoms with Crippen molar-refractivity contribution in [3.05, 3.63) is 0 Å². The van der Waals surface area contributed by atoms with E-state index >= 15 is 0 Å². The Bertz CT molecular complexity index is 361. The molecule has 1 aliphatic rings. The van der Waals surface area contributed by atoms with Crippen LogP contribution in [-0.2, 0) is 9.53 Å². The third-order valence-electron chi connectivity index (χ3n) is 3.65. The lowest BCUT2D eigenvalue weighted by atomic mass is 9.80. The molecule has 0 spiro atoms. The zero-order valence-electron chi connectivity index (χ0n) is 12.4. The zero-order valence-corrected chi connectivity index (χ0v) is 14.0. The molecule has 0 radical (unpaired) electrons. The SMILES string of the molecule is CC(C)(C)OC(=O)N[C@@](CCBr)(C(=O)O)C1CCCC1. The number of hydrogen-bond acceptors (Lipinski definition) is 3. The second-order valence-corrected chi connectivity index (χ2v) is 7.12. The lowest BCUT2D eigenvalue weighted by Gasteiger charge is -2.36. The summed E-state index contributed by atoms with van der Waals surface area (Å²) in [7, 11) is 0. The number of amides is 1. The number of alkyl halides is 1. The molecule has 116 valence electrons. The lowest BCUT2D eigenvalue weighted by molar-refractivity contribution is -0.147. The molecular weight excluding hydrogens is 326 g/mol. The first-order chi connectivity index (χ1) is 9.21. The predicted octanol–water partition coefficient (Wildman–Crippen LogP) is 3.31. The van der Waals surface area contributed by atoms with Crippen molar-refractivity contribution in [2.24, 2.45) is 5.92 Å². The third kappa shape index (κ3) is 4.36. The molecule has 1 aliphatic carbocycles. The minimum absolute atomic E-state index is 0.0370. The molecule has 0 aromatic rings. The molecule has 0 unspecified atom stereocenters. The average molecular weight is 350 g/mol. The standard InChI is InChI=1S/C14H24BrNO4/c1-13(2,3)20-12(19)16-14(8-9-15,11(17)18)10-6-4-5-7-10/h10H,4-9H2,1-3H3,(H,16,19)(H,17,18)/t14-/m1/s1. The molecule has 0 heterocycles. The van der Waals surface area contributed by atoms with Crippen LogP contribution in [0.15, 0.2) is 0 Å². The summed E-state index contributed by atoms with van der Waals surface area (Å²) in [4.78, 5) is 23.8. The predicted molar refractivity (Wildman–Crippen MR) is 80.1 cm³/mol. The van der Waals surface area contributed by atoms with Gasteiger partial charge in [0.2, 0.25) is 0 Å². The molecule has 1 saturated carbocycles. The minimum Gasteiger partial charge on any atom is -0.479 e. The summed E-state index contributed by atoms with van der Waals surface area (Å²) in [5, 5.41) is 12.8. The van der Waals surface area contributed by atoms with E-state index in [1.54, 1.807) is 20.8 Å². The number of hydrogen-bond donors (Lipinski definition) is 2. The highest BCUT2D eigenvalue weighted by Crippen LogP contribution is 2.37. The number of alkyl carbamates (subject to hydrolysis) is 1. The molecule has 0 aliphatic heterocycles. The van der Waals surface area contributed by atoms with Crippen LogP contribution in [0, 0.1) is 5.92 Å². The minimum atomic E-state index is -1.23. The number of carboxylic acid groups (broad SMARTS) is 1. The molecule has 5 nitrogen and oxygen atoms in total. The molecule has 0 saturated heterocycles. The Hall–Kier alpha value is -0.780. The van der Waals surface area contributed by atoms with Gasteiger partial charge in [0.25, 0.3) is 0 Å². The normalized spacial score (nSPS) is 19.4. The first-order valence-electron chi connectivity index (χ1n) is 7.02. The van der Waals surface area contributed by atoms with Gasteiger partial charge in [-0.1, -0.05) is 28.8 Å². The molecule has 1 rings (SSSR count). The van der Waals surface area contributed by atoms with E-state index in [9.17, 15) is 14.7 Å². The maximum Gasteiger partial charge on any atom is 0.408 e. The Labute approximate surface area is 128 Å². The summed E-state index contributed by atoms with van der Waals surface area (Å²) in [5.74, 6) is -1.01. The van der Waals surface area contributed by atoms with Crippen molar-refractivity contribution >= 4 is 28.0 Å². The fraction of sp³-hybridized carbons (Fsp3) is 0.857. The number of aliphatic carboxylic acids is 1. The van der Waals surface area contributed by atoms with Crippen LogP contribution in [0.25, 0.3) is 0 Å². The largest absolute Gasteiger partial charge is 0.479 e. The number of rotatable bonds is 5. The van der Waals surface area contributed by atoms with Crippen molar-refractivity contribution in [3.8, 4) is 0 Å². The Morgan fingerprint density at radius 1 is 1.30 bits per heavy atom. The quantitative estimate of drug-likeness (QED) is 0.746. The first-order valence-corrected chi connectivity index (χ1v) is 8.14. The fourth-order valence-corrected chi connectivity index (χ4v) is 3.38. The van der Waals surface area contributed by atoms with Crippen molar-refractivity contribution in [2.75, 3.05) is 5.33 Å². The van der Waals surface area contributed by atoms with Crippen LogP contribution >= 0.6 is 15.9 Å². The number of carbonyl (C=O) groups excluding carboxylic acids is 1. The topological polar surface area (TPSA) is 75.6 Å². The summed E-state index contributed by atoms with van der Waals surface area (Å²) in [6, 6.07) is 0. The van der Waals surface area contributed by atoms with E-state index in [1.165, 1.54) is 0 Å². The second kappa shape index (κ2) is 6.78. The third-order valence-corrected chi connectivity index (χ3v) is 4.04. The van der Waals surface area contributed by atoms with E-state index in [1.807, 2.05) is 0 Å². The van der Waals surface area contributed by atoms with Crippen LogP contribution < -0.4 is 5.32 Å². The van der Waals surface area contributed by atoms with Crippen LogP contribution in [0.2, 0.25) is 0 Å². The smallest absolute Gasteiger partial charge is 0.408 e. The van der Waals surface area contributed by atoms with Gasteiger partial charge in [0.05, 0.1) is 0 Å². The van der Waals surface area contributed by atoms with Gasteiger partial charge in [-0.15, -0.1) is 0 Å². The van der Waals surface area contributed by atoms with Gasteiger partial charge < -0.3 is 15.2 Å². The van der Waals surface area contributed by atoms with Crippen molar-refractivity contribution in [1.82, 2.24) is 5.32 Å². The molecule has 1 atom stereocenters. The van der Waals surface area contributed by atoms with Gasteiger partial charge in [0, 0.05) is 5.33 Å². The van der Waals surface area contributed by atoms with E-state index < -0.39 is 23.2 Å².